The van der Waals surface area contributed by atoms with E-state index >= 15 is 0 Å². The second-order valence-corrected chi connectivity index (χ2v) is 5.20. The van der Waals surface area contributed by atoms with E-state index in [-0.39, 0.29) is 5.82 Å². The molecule has 1 heterocycles. The largest absolute Gasteiger partial charge is 0.206 e. The summed E-state index contributed by atoms with van der Waals surface area (Å²) in [4.78, 5) is 1.32. The maximum atomic E-state index is 13.2. The fourth-order valence-electron chi connectivity index (χ4n) is 1.26. The maximum absolute atomic E-state index is 13.2. The molecule has 0 N–H and O–H groups in total. The highest BCUT2D eigenvalue weighted by Crippen LogP contribution is 2.28. The van der Waals surface area contributed by atoms with Gasteiger partial charge in [0, 0.05) is 13.1 Å². The van der Waals surface area contributed by atoms with Crippen molar-refractivity contribution < 1.29 is 4.39 Å². The fourth-order valence-corrected chi connectivity index (χ4v) is 2.77. The highest BCUT2D eigenvalue weighted by atomic mass is 127. The Hall–Kier alpha value is -0.160. The van der Waals surface area contributed by atoms with Gasteiger partial charge in [0.15, 0.2) is 0 Å². The van der Waals surface area contributed by atoms with Gasteiger partial charge in [-0.2, -0.15) is 0 Å². The van der Waals surface area contributed by atoms with E-state index in [1.807, 2.05) is 28.7 Å². The van der Waals surface area contributed by atoms with Crippen LogP contribution in [0, 0.1) is 9.39 Å². The summed E-state index contributed by atoms with van der Waals surface area (Å²) in [6, 6.07) is 5.67. The average Bonchev–Trinajstić information content (AvgIpc) is 2.48. The van der Waals surface area contributed by atoms with Gasteiger partial charge in [0.2, 0.25) is 0 Å². The number of hydrogen-bond acceptors (Lipinski definition) is 1. The van der Waals surface area contributed by atoms with Crippen molar-refractivity contribution in [3.05, 3.63) is 32.5 Å². The first-order valence-corrected chi connectivity index (χ1v) is 5.97. The van der Waals surface area contributed by atoms with Gasteiger partial charge in [-0.15, -0.1) is 11.3 Å². The Morgan fingerprint density at radius 2 is 2.15 bits per heavy atom. The monoisotopic (exact) mass is 306 g/mol. The molecule has 2 rings (SSSR count). The topological polar surface area (TPSA) is 0 Å². The number of fused-ring (bicyclic) bond motifs is 1. The summed E-state index contributed by atoms with van der Waals surface area (Å²) in [7, 11) is 0. The lowest BCUT2D eigenvalue weighted by Gasteiger charge is -1.93. The molecule has 0 atom stereocenters. The van der Waals surface area contributed by atoms with Gasteiger partial charge >= 0.3 is 0 Å². The molecule has 0 spiro atoms. The lowest BCUT2D eigenvalue weighted by molar-refractivity contribution is 0.622. The predicted molar refractivity (Wildman–Crippen MR) is 63.9 cm³/mol. The molecule has 0 aliphatic rings. The Balaban J connectivity index is 2.70. The number of thiophene rings is 1. The molecule has 1 aromatic carbocycles. The molecule has 0 aliphatic carbocycles. The summed E-state index contributed by atoms with van der Waals surface area (Å²) in [5.74, 6) is -0.113. The zero-order valence-electron chi connectivity index (χ0n) is 7.10. The molecule has 1 aromatic heterocycles. The van der Waals surface area contributed by atoms with E-state index < -0.39 is 0 Å². The van der Waals surface area contributed by atoms with Crippen LogP contribution in [0.25, 0.3) is 10.1 Å². The van der Waals surface area contributed by atoms with Crippen molar-refractivity contribution in [3.63, 3.8) is 0 Å². The highest BCUT2D eigenvalue weighted by molar-refractivity contribution is 14.1. The van der Waals surface area contributed by atoms with Crippen molar-refractivity contribution >= 4 is 44.0 Å². The molecule has 13 heavy (non-hydrogen) atoms. The van der Waals surface area contributed by atoms with Crippen LogP contribution in [-0.2, 0) is 6.42 Å². The molecule has 3 heteroatoms. The molecule has 0 unspecified atom stereocenters. The molecule has 2 aromatic rings. The van der Waals surface area contributed by atoms with E-state index in [2.05, 4.69) is 13.0 Å². The third kappa shape index (κ3) is 1.72. The van der Waals surface area contributed by atoms with Gasteiger partial charge in [0.1, 0.15) is 5.82 Å². The summed E-state index contributed by atoms with van der Waals surface area (Å²) in [6.45, 7) is 2.12. The number of benzene rings is 1. The summed E-state index contributed by atoms with van der Waals surface area (Å²) in [6.07, 6.45) is 1.03. The minimum absolute atomic E-state index is 0.113. The second kappa shape index (κ2) is 3.53. The fraction of sp³-hybridized carbons (Fsp3) is 0.200. The third-order valence-corrected chi connectivity index (χ3v) is 4.03. The normalized spacial score (nSPS) is 11.0. The molecule has 0 bridgehead atoms. The molecule has 0 radical (unpaired) electrons. The van der Waals surface area contributed by atoms with Gasteiger partial charge < -0.3 is 0 Å². The molecule has 0 amide bonds. The summed E-state index contributed by atoms with van der Waals surface area (Å²) in [5, 5.41) is 1.16. The van der Waals surface area contributed by atoms with Crippen molar-refractivity contribution in [2.75, 3.05) is 0 Å². The van der Waals surface area contributed by atoms with Crippen molar-refractivity contribution in [3.8, 4) is 0 Å². The van der Waals surface area contributed by atoms with Crippen LogP contribution in [0.1, 0.15) is 11.8 Å². The lowest BCUT2D eigenvalue weighted by Crippen LogP contribution is -1.78. The van der Waals surface area contributed by atoms with Crippen LogP contribution in [0.4, 0.5) is 4.39 Å². The first-order chi connectivity index (χ1) is 6.20. The molecular formula is C10H8FIS. The molecule has 0 saturated carbocycles. The van der Waals surface area contributed by atoms with E-state index in [0.717, 1.165) is 16.5 Å². The highest BCUT2D eigenvalue weighted by Gasteiger charge is 2.04. The van der Waals surface area contributed by atoms with Crippen LogP contribution in [0.5, 0.6) is 0 Å². The maximum Gasteiger partial charge on any atom is 0.137 e. The Kier molecular flexibility index (Phi) is 2.55. The van der Waals surface area contributed by atoms with Crippen molar-refractivity contribution in [2.24, 2.45) is 0 Å². The number of halogens is 2. The predicted octanol–water partition coefficient (Wildman–Crippen LogP) is 4.21. The molecule has 0 aliphatic heterocycles. The lowest BCUT2D eigenvalue weighted by atomic mass is 10.2. The van der Waals surface area contributed by atoms with Gasteiger partial charge in [0.05, 0.1) is 0 Å². The second-order valence-electron chi connectivity index (χ2n) is 2.87. The minimum Gasteiger partial charge on any atom is -0.206 e. The van der Waals surface area contributed by atoms with Crippen molar-refractivity contribution in [1.82, 2.24) is 0 Å². The zero-order chi connectivity index (χ0) is 9.42. The summed E-state index contributed by atoms with van der Waals surface area (Å²) >= 11 is 3.70. The summed E-state index contributed by atoms with van der Waals surface area (Å²) in [5.41, 5.74) is 0. The van der Waals surface area contributed by atoms with Crippen LogP contribution in [0.2, 0.25) is 0 Å². The van der Waals surface area contributed by atoms with Gasteiger partial charge in [-0.1, -0.05) is 6.92 Å². The van der Waals surface area contributed by atoms with Crippen LogP contribution in [0.3, 0.4) is 0 Å². The van der Waals surface area contributed by atoms with Gasteiger partial charge in [0.25, 0.3) is 0 Å². The quantitative estimate of drug-likeness (QED) is 0.692. The van der Waals surface area contributed by atoms with Crippen LogP contribution in [-0.4, -0.2) is 0 Å². The molecule has 0 fully saturated rings. The molecular weight excluding hydrogens is 298 g/mol. The number of rotatable bonds is 1. The summed E-state index contributed by atoms with van der Waals surface area (Å²) < 4.78 is 14.9. The molecule has 68 valence electrons. The molecule has 0 saturated heterocycles. The molecule has 0 nitrogen and oxygen atoms in total. The Labute approximate surface area is 93.9 Å². The van der Waals surface area contributed by atoms with Gasteiger partial charge in [-0.05, 0) is 52.6 Å². The van der Waals surface area contributed by atoms with E-state index in [9.17, 15) is 4.39 Å². The van der Waals surface area contributed by atoms with Crippen LogP contribution >= 0.6 is 33.9 Å². The van der Waals surface area contributed by atoms with E-state index in [0.29, 0.717) is 3.57 Å². The first-order valence-electron chi connectivity index (χ1n) is 4.08. The van der Waals surface area contributed by atoms with Gasteiger partial charge in [-0.3, -0.25) is 0 Å². The minimum atomic E-state index is -0.113. The van der Waals surface area contributed by atoms with Crippen molar-refractivity contribution in [2.45, 2.75) is 13.3 Å². The Morgan fingerprint density at radius 3 is 2.85 bits per heavy atom. The van der Waals surface area contributed by atoms with Crippen LogP contribution < -0.4 is 0 Å². The number of aryl methyl sites for hydroxylation is 1. The van der Waals surface area contributed by atoms with E-state index in [1.54, 1.807) is 17.4 Å². The van der Waals surface area contributed by atoms with Crippen molar-refractivity contribution in [1.29, 1.82) is 0 Å². The first kappa shape index (κ1) is 9.40. The Bertz CT molecular complexity index is 408. The van der Waals surface area contributed by atoms with E-state index in [4.69, 9.17) is 0 Å². The van der Waals surface area contributed by atoms with E-state index in [1.165, 1.54) is 4.88 Å². The standard InChI is InChI=1S/C10H8FIS/c1-2-7-3-6-4-9(12)8(11)5-10(6)13-7/h3-5H,2H2,1H3. The smallest absolute Gasteiger partial charge is 0.137 e. The third-order valence-electron chi connectivity index (χ3n) is 1.96. The SMILES string of the molecule is CCc1cc2cc(I)c(F)cc2s1. The Morgan fingerprint density at radius 1 is 1.38 bits per heavy atom. The zero-order valence-corrected chi connectivity index (χ0v) is 10.1. The number of hydrogen-bond donors (Lipinski definition) is 0. The van der Waals surface area contributed by atoms with Gasteiger partial charge in [-0.25, -0.2) is 4.39 Å². The van der Waals surface area contributed by atoms with Crippen LogP contribution in [0.15, 0.2) is 18.2 Å². The average molecular weight is 306 g/mol.